The van der Waals surface area contributed by atoms with Crippen LogP contribution in [0.2, 0.25) is 0 Å². The maximum atomic E-state index is 11.2. The number of benzene rings is 1. The summed E-state index contributed by atoms with van der Waals surface area (Å²) in [6.45, 7) is 10.8. The summed E-state index contributed by atoms with van der Waals surface area (Å²) in [6, 6.07) is 1.94. The van der Waals surface area contributed by atoms with Crippen molar-refractivity contribution in [1.82, 2.24) is 0 Å². The van der Waals surface area contributed by atoms with Gasteiger partial charge in [-0.2, -0.15) is 0 Å². The molecule has 0 unspecified atom stereocenters. The molecule has 1 aromatic carbocycles. The highest BCUT2D eigenvalue weighted by Crippen LogP contribution is 2.46. The lowest BCUT2D eigenvalue weighted by molar-refractivity contribution is 0.167. The Labute approximate surface area is 164 Å². The van der Waals surface area contributed by atoms with Gasteiger partial charge in [-0.1, -0.05) is 33.3 Å². The number of hydrogen-bond donors (Lipinski definition) is 1. The molecule has 2 rings (SSSR count). The van der Waals surface area contributed by atoms with Crippen LogP contribution in [0.3, 0.4) is 0 Å². The number of aliphatic hydroxyl groups is 1. The quantitative estimate of drug-likeness (QED) is 0.659. The third-order valence-corrected chi connectivity index (χ3v) is 5.80. The molecule has 27 heavy (non-hydrogen) atoms. The largest absolute Gasteiger partial charge is 0.496 e. The minimum Gasteiger partial charge on any atom is -0.496 e. The van der Waals surface area contributed by atoms with Gasteiger partial charge in [0.05, 0.1) is 27.4 Å². The fraction of sp³-hybridized carbons (Fsp3) is 0.652. The molecule has 0 bridgehead atoms. The minimum atomic E-state index is -0.535. The lowest BCUT2D eigenvalue weighted by atomic mass is 9.70. The van der Waals surface area contributed by atoms with E-state index in [2.05, 4.69) is 34.6 Å². The molecule has 0 saturated carbocycles. The highest BCUT2D eigenvalue weighted by molar-refractivity contribution is 5.59. The molecule has 152 valence electrons. The molecular weight excluding hydrogens is 340 g/mol. The number of ether oxygens (including phenoxy) is 3. The zero-order valence-corrected chi connectivity index (χ0v) is 18.2. The van der Waals surface area contributed by atoms with Crippen LogP contribution >= 0.6 is 0 Å². The van der Waals surface area contributed by atoms with Crippen LogP contribution in [0, 0.1) is 5.41 Å². The van der Waals surface area contributed by atoms with E-state index < -0.39 is 6.10 Å². The molecule has 1 N–H and O–H groups in total. The molecule has 4 nitrogen and oxygen atoms in total. The predicted molar refractivity (Wildman–Crippen MR) is 110 cm³/mol. The fourth-order valence-electron chi connectivity index (χ4n) is 4.67. The van der Waals surface area contributed by atoms with Crippen LogP contribution in [-0.2, 0) is 6.42 Å². The SMILES string of the molecule is COc1cc(C[C@@H](O)C2=C(C)CCCC2(C)C)c(OC)c(C(C)C)c1OC. The monoisotopic (exact) mass is 376 g/mol. The first-order chi connectivity index (χ1) is 12.7. The van der Waals surface area contributed by atoms with Gasteiger partial charge in [0.1, 0.15) is 5.75 Å². The zero-order chi connectivity index (χ0) is 20.4. The van der Waals surface area contributed by atoms with Crippen molar-refractivity contribution in [2.75, 3.05) is 21.3 Å². The number of hydrogen-bond acceptors (Lipinski definition) is 4. The summed E-state index contributed by atoms with van der Waals surface area (Å²) in [5.74, 6) is 2.37. The normalized spacial score (nSPS) is 17.9. The summed E-state index contributed by atoms with van der Waals surface area (Å²) >= 11 is 0. The minimum absolute atomic E-state index is 0.0203. The highest BCUT2D eigenvalue weighted by atomic mass is 16.5. The van der Waals surface area contributed by atoms with Crippen molar-refractivity contribution in [3.05, 3.63) is 28.3 Å². The first-order valence-electron chi connectivity index (χ1n) is 9.87. The highest BCUT2D eigenvalue weighted by Gasteiger charge is 2.34. The van der Waals surface area contributed by atoms with E-state index in [1.54, 1.807) is 21.3 Å². The third kappa shape index (κ3) is 4.26. The molecule has 1 atom stereocenters. The molecule has 0 radical (unpaired) electrons. The van der Waals surface area contributed by atoms with E-state index in [1.165, 1.54) is 17.6 Å². The van der Waals surface area contributed by atoms with Crippen LogP contribution in [0.15, 0.2) is 17.2 Å². The Kier molecular flexibility index (Phi) is 6.85. The van der Waals surface area contributed by atoms with Gasteiger partial charge >= 0.3 is 0 Å². The van der Waals surface area contributed by atoms with Crippen LogP contribution < -0.4 is 14.2 Å². The third-order valence-electron chi connectivity index (χ3n) is 5.80. The Bertz CT molecular complexity index is 701. The molecule has 0 saturated heterocycles. The average molecular weight is 377 g/mol. The van der Waals surface area contributed by atoms with Crippen molar-refractivity contribution in [3.8, 4) is 17.2 Å². The average Bonchev–Trinajstić information content (AvgIpc) is 2.59. The Morgan fingerprint density at radius 1 is 1.07 bits per heavy atom. The molecule has 0 aliphatic heterocycles. The van der Waals surface area contributed by atoms with Gasteiger partial charge in [0, 0.05) is 17.5 Å². The molecule has 1 aromatic rings. The van der Waals surface area contributed by atoms with Gasteiger partial charge in [-0.05, 0) is 49.2 Å². The van der Waals surface area contributed by atoms with Crippen molar-refractivity contribution in [2.45, 2.75) is 72.3 Å². The predicted octanol–water partition coefficient (Wildman–Crippen LogP) is 5.27. The number of aliphatic hydroxyl groups excluding tert-OH is 1. The Morgan fingerprint density at radius 3 is 2.19 bits per heavy atom. The summed E-state index contributed by atoms with van der Waals surface area (Å²) < 4.78 is 17.0. The van der Waals surface area contributed by atoms with E-state index in [-0.39, 0.29) is 11.3 Å². The molecule has 0 amide bonds. The second kappa shape index (κ2) is 8.55. The topological polar surface area (TPSA) is 47.9 Å². The number of methoxy groups -OCH3 is 3. The van der Waals surface area contributed by atoms with Crippen molar-refractivity contribution in [3.63, 3.8) is 0 Å². The van der Waals surface area contributed by atoms with Crippen molar-refractivity contribution < 1.29 is 19.3 Å². The van der Waals surface area contributed by atoms with Crippen LogP contribution in [-0.4, -0.2) is 32.5 Å². The number of rotatable bonds is 7. The first-order valence-corrected chi connectivity index (χ1v) is 9.87. The second-order valence-corrected chi connectivity index (χ2v) is 8.52. The van der Waals surface area contributed by atoms with Crippen LogP contribution in [0.5, 0.6) is 17.2 Å². The summed E-state index contributed by atoms with van der Waals surface area (Å²) in [4.78, 5) is 0. The maximum Gasteiger partial charge on any atom is 0.167 e. The van der Waals surface area contributed by atoms with E-state index in [4.69, 9.17) is 14.2 Å². The zero-order valence-electron chi connectivity index (χ0n) is 18.2. The smallest absolute Gasteiger partial charge is 0.167 e. The van der Waals surface area contributed by atoms with E-state index >= 15 is 0 Å². The summed E-state index contributed by atoms with van der Waals surface area (Å²) in [5.41, 5.74) is 4.45. The van der Waals surface area contributed by atoms with E-state index in [0.717, 1.165) is 29.7 Å². The first kappa shape index (κ1) is 21.6. The Morgan fingerprint density at radius 2 is 1.70 bits per heavy atom. The Hall–Kier alpha value is -1.68. The van der Waals surface area contributed by atoms with Crippen molar-refractivity contribution in [2.24, 2.45) is 5.41 Å². The van der Waals surface area contributed by atoms with E-state index in [0.29, 0.717) is 17.9 Å². The van der Waals surface area contributed by atoms with E-state index in [9.17, 15) is 5.11 Å². The van der Waals surface area contributed by atoms with E-state index in [1.807, 2.05) is 6.07 Å². The fourth-order valence-corrected chi connectivity index (χ4v) is 4.67. The van der Waals surface area contributed by atoms with Crippen LogP contribution in [0.25, 0.3) is 0 Å². The van der Waals surface area contributed by atoms with Gasteiger partial charge < -0.3 is 19.3 Å². The molecule has 0 heterocycles. The summed E-state index contributed by atoms with van der Waals surface area (Å²) in [7, 11) is 4.97. The van der Waals surface area contributed by atoms with Crippen molar-refractivity contribution in [1.29, 1.82) is 0 Å². The lowest BCUT2D eigenvalue weighted by Gasteiger charge is -2.37. The van der Waals surface area contributed by atoms with Gasteiger partial charge in [-0.15, -0.1) is 0 Å². The molecular formula is C23H36O4. The molecule has 1 aliphatic carbocycles. The molecule has 0 aromatic heterocycles. The van der Waals surface area contributed by atoms with Crippen molar-refractivity contribution >= 4 is 0 Å². The standard InChI is InChI=1S/C23H36O4/c1-14(2)19-21(26-7)16(13-18(25-6)22(19)27-8)12-17(24)20-15(3)10-9-11-23(20,4)5/h13-14,17,24H,9-12H2,1-8H3/t17-/m1/s1. The summed E-state index contributed by atoms with van der Waals surface area (Å²) in [5, 5.41) is 11.2. The molecule has 1 aliphatic rings. The van der Waals surface area contributed by atoms with Gasteiger partial charge in [0.25, 0.3) is 0 Å². The van der Waals surface area contributed by atoms with Crippen LogP contribution in [0.1, 0.15) is 70.9 Å². The maximum absolute atomic E-state index is 11.2. The summed E-state index contributed by atoms with van der Waals surface area (Å²) in [6.07, 6.45) is 3.32. The Balaban J connectivity index is 2.54. The molecule has 0 spiro atoms. The van der Waals surface area contributed by atoms with Gasteiger partial charge in [0.15, 0.2) is 11.5 Å². The van der Waals surface area contributed by atoms with Crippen LogP contribution in [0.4, 0.5) is 0 Å². The van der Waals surface area contributed by atoms with Gasteiger partial charge in [0.2, 0.25) is 0 Å². The number of allylic oxidation sites excluding steroid dienone is 1. The molecule has 0 fully saturated rings. The lowest BCUT2D eigenvalue weighted by Crippen LogP contribution is -2.30. The second-order valence-electron chi connectivity index (χ2n) is 8.52. The molecule has 4 heteroatoms. The van der Waals surface area contributed by atoms with Gasteiger partial charge in [-0.3, -0.25) is 0 Å². The van der Waals surface area contributed by atoms with Gasteiger partial charge in [-0.25, -0.2) is 0 Å².